The zero-order valence-corrected chi connectivity index (χ0v) is 12.4. The summed E-state index contributed by atoms with van der Waals surface area (Å²) < 4.78 is 32.3. The number of sulfonamides is 1. The van der Waals surface area contributed by atoms with E-state index in [-0.39, 0.29) is 11.4 Å². The number of ether oxygens (including phenoxy) is 1. The minimum absolute atomic E-state index is 0.0691. The van der Waals surface area contributed by atoms with Crippen LogP contribution < -0.4 is 10.5 Å². The van der Waals surface area contributed by atoms with Crippen LogP contribution in [0.4, 0.5) is 5.69 Å². The van der Waals surface area contributed by atoms with Crippen LogP contribution in [0, 0.1) is 6.92 Å². The fourth-order valence-electron chi connectivity index (χ4n) is 2.27. The van der Waals surface area contributed by atoms with Crippen molar-refractivity contribution in [2.24, 2.45) is 0 Å². The van der Waals surface area contributed by atoms with Crippen molar-refractivity contribution in [1.82, 2.24) is 4.72 Å². The topological polar surface area (TPSA) is 102 Å². The Kier molecular flexibility index (Phi) is 4.06. The first-order valence-electron chi connectivity index (χ1n) is 6.44. The summed E-state index contributed by atoms with van der Waals surface area (Å²) in [5.41, 5.74) is 5.54. The van der Waals surface area contributed by atoms with Gasteiger partial charge in [0.2, 0.25) is 10.0 Å². The summed E-state index contributed by atoms with van der Waals surface area (Å²) in [4.78, 5) is 0.168. The van der Waals surface area contributed by atoms with Crippen LogP contribution in [0.15, 0.2) is 23.1 Å². The van der Waals surface area contributed by atoms with E-state index in [0.717, 1.165) is 0 Å². The molecule has 1 aliphatic heterocycles. The first-order valence-corrected chi connectivity index (χ1v) is 7.93. The van der Waals surface area contributed by atoms with Gasteiger partial charge in [-0.05, 0) is 37.6 Å². The molecule has 0 aliphatic carbocycles. The maximum absolute atomic E-state index is 12.3. The van der Waals surface area contributed by atoms with E-state index in [2.05, 4.69) is 4.72 Å². The molecule has 2 rings (SSSR count). The molecule has 1 heterocycles. The summed E-state index contributed by atoms with van der Waals surface area (Å²) in [5.74, 6) is 0. The van der Waals surface area contributed by atoms with Crippen molar-refractivity contribution in [3.63, 3.8) is 0 Å². The molecular weight excluding hydrogens is 280 g/mol. The van der Waals surface area contributed by atoms with Crippen LogP contribution in [0.1, 0.15) is 18.9 Å². The maximum atomic E-state index is 12.3. The van der Waals surface area contributed by atoms with E-state index in [9.17, 15) is 13.5 Å². The van der Waals surface area contributed by atoms with Crippen LogP contribution in [0.25, 0.3) is 0 Å². The largest absolute Gasteiger partial charge is 0.399 e. The van der Waals surface area contributed by atoms with Crippen LogP contribution in [0.2, 0.25) is 0 Å². The van der Waals surface area contributed by atoms with Gasteiger partial charge in [-0.2, -0.15) is 0 Å². The molecule has 1 aromatic carbocycles. The SMILES string of the molecule is Cc1cc(N)ccc1S(=O)(=O)NCC1(O)CCOC1C. The van der Waals surface area contributed by atoms with E-state index in [1.807, 2.05) is 0 Å². The molecule has 0 spiro atoms. The molecule has 4 N–H and O–H groups in total. The summed E-state index contributed by atoms with van der Waals surface area (Å²) in [6.07, 6.45) is 0.0231. The molecule has 6 nitrogen and oxygen atoms in total. The summed E-state index contributed by atoms with van der Waals surface area (Å²) in [6, 6.07) is 4.60. The lowest BCUT2D eigenvalue weighted by Gasteiger charge is -2.26. The van der Waals surface area contributed by atoms with Crippen LogP contribution in [-0.2, 0) is 14.8 Å². The molecule has 1 aliphatic rings. The molecule has 0 radical (unpaired) electrons. The van der Waals surface area contributed by atoms with Gasteiger partial charge >= 0.3 is 0 Å². The Labute approximate surface area is 119 Å². The van der Waals surface area contributed by atoms with Gasteiger partial charge in [-0.1, -0.05) is 0 Å². The first kappa shape index (κ1) is 15.2. The molecule has 1 fully saturated rings. The third-order valence-electron chi connectivity index (χ3n) is 3.72. The summed E-state index contributed by atoms with van der Waals surface area (Å²) in [7, 11) is -3.68. The smallest absolute Gasteiger partial charge is 0.240 e. The van der Waals surface area contributed by atoms with Gasteiger partial charge in [0.1, 0.15) is 5.60 Å². The number of hydrogen-bond donors (Lipinski definition) is 3. The van der Waals surface area contributed by atoms with E-state index in [4.69, 9.17) is 10.5 Å². The molecule has 7 heteroatoms. The molecule has 20 heavy (non-hydrogen) atoms. The number of nitrogens with two attached hydrogens (primary N) is 1. The van der Waals surface area contributed by atoms with Crippen LogP contribution in [0.5, 0.6) is 0 Å². The van der Waals surface area contributed by atoms with Gasteiger partial charge < -0.3 is 15.6 Å². The highest BCUT2D eigenvalue weighted by Gasteiger charge is 2.40. The molecule has 0 saturated carbocycles. The lowest BCUT2D eigenvalue weighted by Crippen LogP contribution is -2.47. The van der Waals surface area contributed by atoms with Gasteiger partial charge in [0.25, 0.3) is 0 Å². The van der Waals surface area contributed by atoms with Crippen LogP contribution in [0.3, 0.4) is 0 Å². The standard InChI is InChI=1S/C13H20N2O4S/c1-9-7-11(14)3-4-12(9)20(17,18)15-8-13(16)5-6-19-10(13)2/h3-4,7,10,15-16H,5-6,8,14H2,1-2H3. The quantitative estimate of drug-likeness (QED) is 0.698. The summed E-state index contributed by atoms with van der Waals surface area (Å²) in [6.45, 7) is 3.78. The van der Waals surface area contributed by atoms with Crippen molar-refractivity contribution >= 4 is 15.7 Å². The van der Waals surface area contributed by atoms with E-state index in [0.29, 0.717) is 24.3 Å². The number of aliphatic hydroxyl groups is 1. The maximum Gasteiger partial charge on any atom is 0.240 e. The average Bonchev–Trinajstić information content (AvgIpc) is 2.68. The van der Waals surface area contributed by atoms with Crippen LogP contribution >= 0.6 is 0 Å². The summed E-state index contributed by atoms with van der Waals surface area (Å²) >= 11 is 0. The second-order valence-electron chi connectivity index (χ2n) is 5.22. The number of rotatable bonds is 4. The van der Waals surface area contributed by atoms with E-state index in [1.165, 1.54) is 12.1 Å². The predicted molar refractivity (Wildman–Crippen MR) is 75.8 cm³/mol. The van der Waals surface area contributed by atoms with Gasteiger partial charge in [-0.3, -0.25) is 0 Å². The molecule has 0 aromatic heterocycles. The van der Waals surface area contributed by atoms with Crippen molar-refractivity contribution < 1.29 is 18.3 Å². The fourth-order valence-corrected chi connectivity index (χ4v) is 3.60. The normalized spacial score (nSPS) is 26.9. The third-order valence-corrected chi connectivity index (χ3v) is 5.28. The molecule has 1 saturated heterocycles. The Morgan fingerprint density at radius 3 is 2.80 bits per heavy atom. The molecule has 112 valence electrons. The minimum Gasteiger partial charge on any atom is -0.399 e. The zero-order valence-electron chi connectivity index (χ0n) is 11.6. The molecule has 2 atom stereocenters. The van der Waals surface area contributed by atoms with Gasteiger partial charge in [0.05, 0.1) is 11.0 Å². The number of benzene rings is 1. The molecule has 1 aromatic rings. The molecule has 2 unspecified atom stereocenters. The molecule has 0 amide bonds. The second kappa shape index (κ2) is 5.33. The van der Waals surface area contributed by atoms with Gasteiger partial charge in [-0.25, -0.2) is 13.1 Å². The van der Waals surface area contributed by atoms with Crippen molar-refractivity contribution in [2.45, 2.75) is 36.9 Å². The van der Waals surface area contributed by atoms with E-state index < -0.39 is 21.7 Å². The number of anilines is 1. The molecular formula is C13H20N2O4S. The number of nitrogen functional groups attached to an aromatic ring is 1. The van der Waals surface area contributed by atoms with E-state index >= 15 is 0 Å². The Balaban J connectivity index is 2.15. The Hall–Kier alpha value is -1.15. The Morgan fingerprint density at radius 2 is 2.25 bits per heavy atom. The highest BCUT2D eigenvalue weighted by atomic mass is 32.2. The van der Waals surface area contributed by atoms with Crippen molar-refractivity contribution in [1.29, 1.82) is 0 Å². The Bertz CT molecular complexity index is 602. The first-order chi connectivity index (χ1) is 9.24. The minimum atomic E-state index is -3.68. The van der Waals surface area contributed by atoms with Gasteiger partial charge in [-0.15, -0.1) is 0 Å². The highest BCUT2D eigenvalue weighted by Crippen LogP contribution is 2.26. The molecule has 0 bridgehead atoms. The van der Waals surface area contributed by atoms with Gasteiger partial charge in [0.15, 0.2) is 0 Å². The monoisotopic (exact) mass is 300 g/mol. The highest BCUT2D eigenvalue weighted by molar-refractivity contribution is 7.89. The fraction of sp³-hybridized carbons (Fsp3) is 0.538. The zero-order chi connectivity index (χ0) is 15.0. The lowest BCUT2D eigenvalue weighted by atomic mass is 9.97. The summed E-state index contributed by atoms with van der Waals surface area (Å²) in [5, 5.41) is 10.3. The number of nitrogens with one attached hydrogen (secondary N) is 1. The van der Waals surface area contributed by atoms with Crippen molar-refractivity contribution in [3.8, 4) is 0 Å². The number of hydrogen-bond acceptors (Lipinski definition) is 5. The third kappa shape index (κ3) is 2.95. The predicted octanol–water partition coefficient (Wildman–Crippen LogP) is 0.395. The second-order valence-corrected chi connectivity index (χ2v) is 6.95. The van der Waals surface area contributed by atoms with Gasteiger partial charge in [0, 0.05) is 25.3 Å². The Morgan fingerprint density at radius 1 is 1.55 bits per heavy atom. The van der Waals surface area contributed by atoms with Crippen molar-refractivity contribution in [3.05, 3.63) is 23.8 Å². The number of aryl methyl sites for hydroxylation is 1. The average molecular weight is 300 g/mol. The van der Waals surface area contributed by atoms with Crippen LogP contribution in [-0.4, -0.2) is 38.4 Å². The lowest BCUT2D eigenvalue weighted by molar-refractivity contribution is -0.0228. The van der Waals surface area contributed by atoms with Crippen molar-refractivity contribution in [2.75, 3.05) is 18.9 Å². The van der Waals surface area contributed by atoms with E-state index in [1.54, 1.807) is 19.9 Å².